The Bertz CT molecular complexity index is 1010. The highest BCUT2D eigenvalue weighted by atomic mass is 32.1. The lowest BCUT2D eigenvalue weighted by Gasteiger charge is -2.01. The molecule has 25 heavy (non-hydrogen) atoms. The Hall–Kier alpha value is -3.06. The molecule has 0 unspecified atom stereocenters. The van der Waals surface area contributed by atoms with E-state index in [1.807, 2.05) is 47.8 Å². The number of benzene rings is 1. The van der Waals surface area contributed by atoms with Gasteiger partial charge in [0.25, 0.3) is 5.91 Å². The maximum atomic E-state index is 12.3. The smallest absolute Gasteiger partial charge is 0.272 e. The van der Waals surface area contributed by atoms with Crippen molar-refractivity contribution in [3.05, 3.63) is 64.7 Å². The number of carbonyl (C=O) groups excluding carboxylic acids is 1. The molecule has 0 radical (unpaired) electrons. The van der Waals surface area contributed by atoms with E-state index in [0.29, 0.717) is 18.7 Å². The van der Waals surface area contributed by atoms with Crippen LogP contribution in [0.2, 0.25) is 0 Å². The van der Waals surface area contributed by atoms with Gasteiger partial charge in [-0.1, -0.05) is 24.3 Å². The highest BCUT2D eigenvalue weighted by Crippen LogP contribution is 2.20. The number of para-hydroxylation sites is 1. The van der Waals surface area contributed by atoms with Crippen molar-refractivity contribution in [3.63, 3.8) is 0 Å². The van der Waals surface area contributed by atoms with E-state index >= 15 is 0 Å². The van der Waals surface area contributed by atoms with E-state index in [9.17, 15) is 4.79 Å². The van der Waals surface area contributed by atoms with Gasteiger partial charge < -0.3 is 5.32 Å². The number of nitrogens with one attached hydrogen (secondary N) is 2. The Balaban J connectivity index is 1.38. The standard InChI is InChI=1S/C18H15N5OS/c24-18(17-12-5-1-2-6-13(12)22-23-17)20-10-8-16-21-15(11-25-16)14-7-3-4-9-19-14/h1-7,9,11H,8,10H2,(H,20,24)(H,22,23). The van der Waals surface area contributed by atoms with Gasteiger partial charge in [-0.25, -0.2) is 4.98 Å². The number of carbonyl (C=O) groups is 1. The largest absolute Gasteiger partial charge is 0.350 e. The number of amides is 1. The van der Waals surface area contributed by atoms with Gasteiger partial charge in [-0.2, -0.15) is 5.10 Å². The summed E-state index contributed by atoms with van der Waals surface area (Å²) in [6.45, 7) is 0.509. The lowest BCUT2D eigenvalue weighted by molar-refractivity contribution is 0.0950. The molecule has 2 N–H and O–H groups in total. The molecule has 3 aromatic heterocycles. The molecule has 0 atom stereocenters. The summed E-state index contributed by atoms with van der Waals surface area (Å²) in [4.78, 5) is 21.2. The van der Waals surface area contributed by atoms with E-state index in [-0.39, 0.29) is 5.91 Å². The third-order valence-electron chi connectivity index (χ3n) is 3.79. The zero-order chi connectivity index (χ0) is 17.1. The summed E-state index contributed by atoms with van der Waals surface area (Å²) in [5.74, 6) is -0.182. The number of pyridine rings is 1. The lowest BCUT2D eigenvalue weighted by Crippen LogP contribution is -2.26. The summed E-state index contributed by atoms with van der Waals surface area (Å²) in [6, 6.07) is 13.3. The molecule has 6 nitrogen and oxygen atoms in total. The van der Waals surface area contributed by atoms with Crippen LogP contribution in [0.5, 0.6) is 0 Å². The van der Waals surface area contributed by atoms with Crippen LogP contribution in [0.4, 0.5) is 0 Å². The predicted octanol–water partition coefficient (Wildman–Crippen LogP) is 3.05. The van der Waals surface area contributed by atoms with Gasteiger partial charge in [0.1, 0.15) is 0 Å². The fourth-order valence-electron chi connectivity index (χ4n) is 2.56. The Morgan fingerprint density at radius 2 is 2.00 bits per heavy atom. The summed E-state index contributed by atoms with van der Waals surface area (Å²) < 4.78 is 0. The number of H-pyrrole nitrogens is 1. The Kier molecular flexibility index (Phi) is 4.22. The number of nitrogens with zero attached hydrogens (tertiary/aromatic N) is 3. The number of thiazole rings is 1. The molecule has 0 saturated carbocycles. The molecule has 3 heterocycles. The molecular weight excluding hydrogens is 334 g/mol. The van der Waals surface area contributed by atoms with Crippen molar-refractivity contribution in [3.8, 4) is 11.4 Å². The Morgan fingerprint density at radius 1 is 1.12 bits per heavy atom. The number of hydrogen-bond donors (Lipinski definition) is 2. The SMILES string of the molecule is O=C(NCCc1nc(-c2ccccn2)cs1)c1n[nH]c2ccccc12. The van der Waals surface area contributed by atoms with Gasteiger partial charge in [0.15, 0.2) is 5.69 Å². The summed E-state index contributed by atoms with van der Waals surface area (Å²) in [5.41, 5.74) is 3.00. The van der Waals surface area contributed by atoms with Crippen molar-refractivity contribution in [2.45, 2.75) is 6.42 Å². The van der Waals surface area contributed by atoms with Crippen molar-refractivity contribution < 1.29 is 4.79 Å². The van der Waals surface area contributed by atoms with E-state index < -0.39 is 0 Å². The average Bonchev–Trinajstić information content (AvgIpc) is 3.29. The Morgan fingerprint density at radius 3 is 2.88 bits per heavy atom. The van der Waals surface area contributed by atoms with Crippen molar-refractivity contribution in [2.75, 3.05) is 6.54 Å². The van der Waals surface area contributed by atoms with Gasteiger partial charge in [-0.15, -0.1) is 11.3 Å². The first-order valence-electron chi connectivity index (χ1n) is 7.88. The fraction of sp³-hybridized carbons (Fsp3) is 0.111. The number of aromatic nitrogens is 4. The molecule has 1 aromatic carbocycles. The second-order valence-electron chi connectivity index (χ2n) is 5.47. The van der Waals surface area contributed by atoms with Crippen molar-refractivity contribution in [1.29, 1.82) is 0 Å². The second kappa shape index (κ2) is 6.82. The number of fused-ring (bicyclic) bond motifs is 1. The number of hydrogen-bond acceptors (Lipinski definition) is 5. The van der Waals surface area contributed by atoms with Gasteiger partial charge in [0, 0.05) is 29.9 Å². The topological polar surface area (TPSA) is 83.6 Å². The van der Waals surface area contributed by atoms with Crippen molar-refractivity contribution in [2.24, 2.45) is 0 Å². The van der Waals surface area contributed by atoms with Gasteiger partial charge in [0.2, 0.25) is 0 Å². The highest BCUT2D eigenvalue weighted by Gasteiger charge is 2.13. The van der Waals surface area contributed by atoms with Gasteiger partial charge in [-0.3, -0.25) is 14.9 Å². The zero-order valence-corrected chi connectivity index (χ0v) is 14.1. The third-order valence-corrected chi connectivity index (χ3v) is 4.70. The first-order valence-corrected chi connectivity index (χ1v) is 8.76. The second-order valence-corrected chi connectivity index (χ2v) is 6.41. The normalized spacial score (nSPS) is 10.9. The maximum Gasteiger partial charge on any atom is 0.272 e. The molecule has 0 spiro atoms. The zero-order valence-electron chi connectivity index (χ0n) is 13.3. The number of rotatable bonds is 5. The summed E-state index contributed by atoms with van der Waals surface area (Å²) >= 11 is 1.57. The van der Waals surface area contributed by atoms with E-state index in [1.165, 1.54) is 0 Å². The van der Waals surface area contributed by atoms with Crippen LogP contribution in [0.1, 0.15) is 15.5 Å². The summed E-state index contributed by atoms with van der Waals surface area (Å²) in [7, 11) is 0. The van der Waals surface area contributed by atoms with Crippen LogP contribution in [-0.4, -0.2) is 32.6 Å². The first-order chi connectivity index (χ1) is 12.3. The third kappa shape index (κ3) is 3.27. The number of aromatic amines is 1. The molecule has 0 aliphatic carbocycles. The van der Waals surface area contributed by atoms with Crippen LogP contribution in [0.3, 0.4) is 0 Å². The van der Waals surface area contributed by atoms with Gasteiger partial charge in [-0.05, 0) is 18.2 Å². The van der Waals surface area contributed by atoms with Crippen LogP contribution in [0, 0.1) is 0 Å². The minimum absolute atomic E-state index is 0.182. The molecule has 4 rings (SSSR count). The first kappa shape index (κ1) is 15.5. The van der Waals surface area contributed by atoms with E-state index in [2.05, 4.69) is 25.5 Å². The monoisotopic (exact) mass is 349 g/mol. The molecule has 0 aliphatic rings. The molecule has 0 aliphatic heterocycles. The maximum absolute atomic E-state index is 12.3. The van der Waals surface area contributed by atoms with E-state index in [1.54, 1.807) is 17.5 Å². The van der Waals surface area contributed by atoms with E-state index in [4.69, 9.17) is 0 Å². The van der Waals surface area contributed by atoms with Crippen molar-refractivity contribution >= 4 is 28.1 Å². The fourth-order valence-corrected chi connectivity index (χ4v) is 3.35. The lowest BCUT2D eigenvalue weighted by atomic mass is 10.2. The minimum Gasteiger partial charge on any atom is -0.350 e. The van der Waals surface area contributed by atoms with Crippen LogP contribution in [0.25, 0.3) is 22.3 Å². The average molecular weight is 349 g/mol. The quantitative estimate of drug-likeness (QED) is 0.580. The predicted molar refractivity (Wildman–Crippen MR) is 97.5 cm³/mol. The van der Waals surface area contributed by atoms with Gasteiger partial charge in [0.05, 0.1) is 21.9 Å². The van der Waals surface area contributed by atoms with Gasteiger partial charge >= 0.3 is 0 Å². The van der Waals surface area contributed by atoms with Crippen LogP contribution < -0.4 is 5.32 Å². The van der Waals surface area contributed by atoms with Crippen LogP contribution in [0.15, 0.2) is 54.0 Å². The van der Waals surface area contributed by atoms with Crippen LogP contribution >= 0.6 is 11.3 Å². The highest BCUT2D eigenvalue weighted by molar-refractivity contribution is 7.09. The van der Waals surface area contributed by atoms with Crippen LogP contribution in [-0.2, 0) is 6.42 Å². The molecule has 0 saturated heterocycles. The molecule has 0 fully saturated rings. The summed E-state index contributed by atoms with van der Waals surface area (Å²) in [6.07, 6.45) is 2.42. The summed E-state index contributed by atoms with van der Waals surface area (Å²) in [5, 5.41) is 13.7. The Labute approximate surface area is 148 Å². The van der Waals surface area contributed by atoms with E-state index in [0.717, 1.165) is 27.3 Å². The molecule has 7 heteroatoms. The molecule has 0 bridgehead atoms. The molecule has 4 aromatic rings. The van der Waals surface area contributed by atoms with Crippen molar-refractivity contribution in [1.82, 2.24) is 25.5 Å². The molecule has 1 amide bonds. The molecule has 124 valence electrons. The molecular formula is C18H15N5OS. The minimum atomic E-state index is -0.182.